The van der Waals surface area contributed by atoms with E-state index in [2.05, 4.69) is 0 Å². The summed E-state index contributed by atoms with van der Waals surface area (Å²) >= 11 is 0. The number of fused-ring (bicyclic) bond motifs is 2. The van der Waals surface area contributed by atoms with E-state index in [9.17, 15) is 24.0 Å². The van der Waals surface area contributed by atoms with Gasteiger partial charge < -0.3 is 37.6 Å². The lowest BCUT2D eigenvalue weighted by Gasteiger charge is -2.46. The van der Waals surface area contributed by atoms with Gasteiger partial charge in [-0.25, -0.2) is 4.79 Å². The maximum absolute atomic E-state index is 12.1. The van der Waals surface area contributed by atoms with Crippen LogP contribution in [0.1, 0.15) is 47.1 Å². The molecule has 6 atom stereocenters. The number of hydrogen-bond donors (Lipinski definition) is 0. The molecule has 0 amide bonds. The highest BCUT2D eigenvalue weighted by Gasteiger charge is 2.55. The molecule has 13 heteroatoms. The van der Waals surface area contributed by atoms with Crippen molar-refractivity contribution in [3.05, 3.63) is 40.2 Å². The first-order valence-corrected chi connectivity index (χ1v) is 12.9. The summed E-state index contributed by atoms with van der Waals surface area (Å²) in [6.45, 7) is 7.72. The molecule has 1 unspecified atom stereocenters. The fourth-order valence-electron chi connectivity index (χ4n) is 4.85. The Hall–Kier alpha value is -3.97. The Morgan fingerprint density at radius 2 is 1.51 bits per heavy atom. The average Bonchev–Trinajstić information content (AvgIpc) is 3.28. The van der Waals surface area contributed by atoms with Crippen molar-refractivity contribution in [3.8, 4) is 5.75 Å². The topological polar surface area (TPSA) is 163 Å². The van der Waals surface area contributed by atoms with Crippen LogP contribution in [0, 0.1) is 0 Å². The Balaban J connectivity index is 1.64. The summed E-state index contributed by atoms with van der Waals surface area (Å²) < 4.78 is 45.3. The molecular formula is C28H32O13. The summed E-state index contributed by atoms with van der Waals surface area (Å²) in [6.07, 6.45) is -6.68. The van der Waals surface area contributed by atoms with Crippen LogP contribution in [0.5, 0.6) is 5.75 Å². The van der Waals surface area contributed by atoms with Crippen LogP contribution in [-0.4, -0.2) is 72.9 Å². The highest BCUT2D eigenvalue weighted by molar-refractivity contribution is 5.79. The van der Waals surface area contributed by atoms with Crippen molar-refractivity contribution in [2.45, 2.75) is 90.4 Å². The van der Waals surface area contributed by atoms with Crippen molar-refractivity contribution in [2.75, 3.05) is 6.61 Å². The number of esters is 4. The molecule has 222 valence electrons. The van der Waals surface area contributed by atoms with Gasteiger partial charge in [0.2, 0.25) is 0 Å². The van der Waals surface area contributed by atoms with E-state index in [0.29, 0.717) is 17.8 Å². The lowest BCUT2D eigenvalue weighted by molar-refractivity contribution is -0.333. The maximum atomic E-state index is 12.1. The van der Waals surface area contributed by atoms with Crippen molar-refractivity contribution in [3.63, 3.8) is 0 Å². The fourth-order valence-corrected chi connectivity index (χ4v) is 4.85. The number of carbonyl (C=O) groups excluding carboxylic acids is 4. The van der Waals surface area contributed by atoms with Crippen molar-refractivity contribution < 1.29 is 56.8 Å². The number of hydrogen-bond acceptors (Lipinski definition) is 13. The zero-order valence-corrected chi connectivity index (χ0v) is 23.5. The Labute approximate surface area is 234 Å². The zero-order chi connectivity index (χ0) is 30.1. The van der Waals surface area contributed by atoms with E-state index in [1.807, 2.05) is 6.07 Å². The average molecular weight is 577 g/mol. The Kier molecular flexibility index (Phi) is 8.69. The van der Waals surface area contributed by atoms with Crippen LogP contribution in [0.3, 0.4) is 0 Å². The SMILES string of the molecule is CC(=O)OC[C@H]1O[C@@H](OC(C)(C)C2Cc3cc4ccc(=O)oc4cc3O2)[C@H](OC(C)=O)[C@@H](OC(C)=O)[C@@H]1OC(C)=O. The van der Waals surface area contributed by atoms with Gasteiger partial charge in [0.15, 0.2) is 24.6 Å². The van der Waals surface area contributed by atoms with Gasteiger partial charge in [-0.1, -0.05) is 0 Å². The zero-order valence-electron chi connectivity index (χ0n) is 23.5. The third-order valence-electron chi connectivity index (χ3n) is 6.62. The third-order valence-corrected chi connectivity index (χ3v) is 6.62. The number of ether oxygens (including phenoxy) is 7. The fraction of sp³-hybridized carbons (Fsp3) is 0.536. The predicted octanol–water partition coefficient (Wildman–Crippen LogP) is 1.97. The van der Waals surface area contributed by atoms with E-state index in [1.54, 1.807) is 26.0 Å². The summed E-state index contributed by atoms with van der Waals surface area (Å²) in [5.74, 6) is -2.33. The minimum absolute atomic E-state index is 0.371. The third kappa shape index (κ3) is 7.03. The van der Waals surface area contributed by atoms with Crippen LogP contribution in [0.25, 0.3) is 11.0 Å². The highest BCUT2D eigenvalue weighted by Crippen LogP contribution is 2.39. The molecule has 0 saturated carbocycles. The standard InChI is InChI=1S/C28H32O13/c1-13(29)34-12-21-24(35-14(2)30)25(36-15(3)31)26(37-16(4)32)27(40-21)41-28(5,6)22-10-18-9-17-7-8-23(33)39-19(17)11-20(18)38-22/h7-9,11,21-22,24-27H,10,12H2,1-6H3/t21-,22?,24-,25+,26-,27+/m1/s1. The Bertz CT molecular complexity index is 1390. The molecule has 0 aliphatic carbocycles. The summed E-state index contributed by atoms with van der Waals surface area (Å²) in [5.41, 5.74) is -0.375. The van der Waals surface area contributed by atoms with Gasteiger partial charge in [-0.3, -0.25) is 19.2 Å². The van der Waals surface area contributed by atoms with Gasteiger partial charge in [0, 0.05) is 51.6 Å². The second-order valence-corrected chi connectivity index (χ2v) is 10.4. The molecule has 4 rings (SSSR count). The van der Waals surface area contributed by atoms with Crippen molar-refractivity contribution in [2.24, 2.45) is 0 Å². The number of benzene rings is 1. The first-order valence-electron chi connectivity index (χ1n) is 12.9. The van der Waals surface area contributed by atoms with Crippen LogP contribution in [0.4, 0.5) is 0 Å². The maximum Gasteiger partial charge on any atom is 0.336 e. The molecule has 0 bridgehead atoms. The summed E-state index contributed by atoms with van der Waals surface area (Å²) in [6, 6.07) is 6.49. The molecule has 0 N–H and O–H groups in total. The second kappa shape index (κ2) is 11.9. The molecule has 1 aromatic carbocycles. The van der Waals surface area contributed by atoms with Gasteiger partial charge in [0.1, 0.15) is 35.7 Å². The molecular weight excluding hydrogens is 544 g/mol. The minimum atomic E-state index is -1.37. The normalized spacial score (nSPS) is 25.5. The van der Waals surface area contributed by atoms with E-state index in [4.69, 9.17) is 37.6 Å². The van der Waals surface area contributed by atoms with Gasteiger partial charge in [-0.2, -0.15) is 0 Å². The molecule has 13 nitrogen and oxygen atoms in total. The van der Waals surface area contributed by atoms with Crippen molar-refractivity contribution in [1.29, 1.82) is 0 Å². The van der Waals surface area contributed by atoms with E-state index in [-0.39, 0.29) is 6.61 Å². The molecule has 3 heterocycles. The molecule has 1 aromatic heterocycles. The molecule has 0 spiro atoms. The van der Waals surface area contributed by atoms with Gasteiger partial charge in [0.05, 0.1) is 0 Å². The van der Waals surface area contributed by atoms with Crippen LogP contribution in [-0.2, 0) is 54.0 Å². The first-order chi connectivity index (χ1) is 19.2. The smallest absolute Gasteiger partial charge is 0.336 e. The monoisotopic (exact) mass is 576 g/mol. The van der Waals surface area contributed by atoms with E-state index in [0.717, 1.165) is 31.7 Å². The lowest BCUT2D eigenvalue weighted by atomic mass is 9.94. The van der Waals surface area contributed by atoms with Gasteiger partial charge in [0.25, 0.3) is 0 Å². The van der Waals surface area contributed by atoms with Gasteiger partial charge >= 0.3 is 29.5 Å². The lowest BCUT2D eigenvalue weighted by Crippen LogP contribution is -2.64. The van der Waals surface area contributed by atoms with Crippen molar-refractivity contribution in [1.82, 2.24) is 0 Å². The summed E-state index contributed by atoms with van der Waals surface area (Å²) in [4.78, 5) is 59.4. The Morgan fingerprint density at radius 3 is 2.15 bits per heavy atom. The first kappa shape index (κ1) is 30.0. The number of carbonyl (C=O) groups is 4. The van der Waals surface area contributed by atoms with E-state index in [1.165, 1.54) is 13.0 Å². The second-order valence-electron chi connectivity index (χ2n) is 10.4. The highest BCUT2D eigenvalue weighted by atomic mass is 16.7. The molecule has 2 aliphatic heterocycles. The number of rotatable bonds is 8. The quantitative estimate of drug-likeness (QED) is 0.255. The Morgan fingerprint density at radius 1 is 0.878 bits per heavy atom. The minimum Gasteiger partial charge on any atom is -0.487 e. The molecule has 0 radical (unpaired) electrons. The van der Waals surface area contributed by atoms with Crippen LogP contribution in [0.15, 0.2) is 33.5 Å². The largest absolute Gasteiger partial charge is 0.487 e. The van der Waals surface area contributed by atoms with Gasteiger partial charge in [-0.05, 0) is 31.5 Å². The predicted molar refractivity (Wildman–Crippen MR) is 138 cm³/mol. The molecule has 2 aliphatic rings. The summed E-state index contributed by atoms with van der Waals surface area (Å²) in [7, 11) is 0. The van der Waals surface area contributed by atoms with Gasteiger partial charge in [-0.15, -0.1) is 0 Å². The molecule has 2 aromatic rings. The summed E-state index contributed by atoms with van der Waals surface area (Å²) in [5, 5.41) is 0.728. The van der Waals surface area contributed by atoms with Crippen LogP contribution < -0.4 is 10.4 Å². The van der Waals surface area contributed by atoms with Crippen molar-refractivity contribution >= 4 is 34.8 Å². The van der Waals surface area contributed by atoms with E-state index >= 15 is 0 Å². The van der Waals surface area contributed by atoms with Crippen LogP contribution in [0.2, 0.25) is 0 Å². The van der Waals surface area contributed by atoms with Crippen LogP contribution >= 0.6 is 0 Å². The molecule has 1 saturated heterocycles. The molecule has 41 heavy (non-hydrogen) atoms. The molecule has 1 fully saturated rings. The van der Waals surface area contributed by atoms with E-state index < -0.39 is 71.9 Å².